The van der Waals surface area contributed by atoms with Crippen LogP contribution in [0.4, 0.5) is 10.2 Å². The van der Waals surface area contributed by atoms with Crippen molar-refractivity contribution in [2.45, 2.75) is 62.4 Å². The number of aromatic nitrogens is 5. The summed E-state index contributed by atoms with van der Waals surface area (Å²) in [5.74, 6) is 1.22. The molecule has 4 heterocycles. The van der Waals surface area contributed by atoms with Gasteiger partial charge >= 0.3 is 0 Å². The summed E-state index contributed by atoms with van der Waals surface area (Å²) >= 11 is 0. The summed E-state index contributed by atoms with van der Waals surface area (Å²) < 4.78 is 15.9. The van der Waals surface area contributed by atoms with E-state index in [9.17, 15) is 9.50 Å². The van der Waals surface area contributed by atoms with Crippen LogP contribution in [0.3, 0.4) is 0 Å². The minimum atomic E-state index is -0.754. The van der Waals surface area contributed by atoms with Gasteiger partial charge in [0.25, 0.3) is 0 Å². The molecule has 9 heteroatoms. The molecule has 1 aromatic carbocycles. The Kier molecular flexibility index (Phi) is 4.60. The largest absolute Gasteiger partial charge is 0.507 e. The van der Waals surface area contributed by atoms with Gasteiger partial charge < -0.3 is 15.3 Å². The first-order valence-electron chi connectivity index (χ1n) is 11.3. The van der Waals surface area contributed by atoms with Crippen LogP contribution in [0.1, 0.15) is 32.1 Å². The Labute approximate surface area is 185 Å². The van der Waals surface area contributed by atoms with E-state index in [1.807, 2.05) is 19.3 Å². The Hall–Kier alpha value is -3.07. The van der Waals surface area contributed by atoms with E-state index >= 15 is 0 Å². The molecule has 6 rings (SSSR count). The van der Waals surface area contributed by atoms with Crippen LogP contribution in [-0.2, 0) is 7.05 Å². The predicted octanol–water partition coefficient (Wildman–Crippen LogP) is 2.84. The van der Waals surface area contributed by atoms with Gasteiger partial charge in [-0.25, -0.2) is 9.37 Å². The van der Waals surface area contributed by atoms with Crippen molar-refractivity contribution >= 4 is 5.82 Å². The van der Waals surface area contributed by atoms with Gasteiger partial charge in [0.05, 0.1) is 18.0 Å². The fourth-order valence-corrected chi connectivity index (χ4v) is 5.24. The highest BCUT2D eigenvalue weighted by molar-refractivity contribution is 5.72. The van der Waals surface area contributed by atoms with Crippen LogP contribution in [0.2, 0.25) is 0 Å². The zero-order valence-corrected chi connectivity index (χ0v) is 17.9. The number of phenolic OH excluding ortho intramolecular Hbond substituents is 1. The number of phenols is 1. The summed E-state index contributed by atoms with van der Waals surface area (Å²) in [6.45, 7) is 0. The van der Waals surface area contributed by atoms with Crippen LogP contribution in [0.5, 0.6) is 5.75 Å². The number of nitrogens with zero attached hydrogens (tertiary/aromatic N) is 6. The zero-order chi connectivity index (χ0) is 21.8. The van der Waals surface area contributed by atoms with E-state index in [0.717, 1.165) is 42.6 Å². The average molecular weight is 436 g/mol. The van der Waals surface area contributed by atoms with Gasteiger partial charge in [-0.05, 0) is 49.8 Å². The molecular weight excluding hydrogens is 409 g/mol. The molecule has 2 saturated heterocycles. The van der Waals surface area contributed by atoms with Crippen LogP contribution in [-0.4, -0.2) is 60.4 Å². The van der Waals surface area contributed by atoms with Gasteiger partial charge in [-0.3, -0.25) is 4.68 Å². The quantitative estimate of drug-likeness (QED) is 0.637. The maximum atomic E-state index is 14.2. The lowest BCUT2D eigenvalue weighted by Gasteiger charge is -2.38. The first-order chi connectivity index (χ1) is 15.5. The van der Waals surface area contributed by atoms with Crippen LogP contribution >= 0.6 is 0 Å². The molecule has 2 N–H and O–H groups in total. The molecule has 3 fully saturated rings. The van der Waals surface area contributed by atoms with E-state index in [1.165, 1.54) is 0 Å². The third-order valence-corrected chi connectivity index (χ3v) is 6.90. The molecular formula is C23H26FN7O. The van der Waals surface area contributed by atoms with Gasteiger partial charge in [-0.1, -0.05) is 6.07 Å². The molecule has 8 nitrogen and oxygen atoms in total. The standard InChI is InChI=1S/C23H26FN7O/c1-30-12-14(10-26-30)13-2-5-18(21(32)6-13)23-25-11-22(28-29-23)31(16-3-4-16)17-7-15-8-19(24)20(9-17)27-15/h2,5-6,10-12,15-17,19-20,27,32H,3-4,7-9H2,1H3/t15-,17+,19-,20+/m0/s1. The maximum absolute atomic E-state index is 14.2. The number of piperidine rings is 1. The number of alkyl halides is 1. The molecule has 2 aliphatic heterocycles. The van der Waals surface area contributed by atoms with E-state index in [1.54, 1.807) is 29.2 Å². The number of halogens is 1. The van der Waals surface area contributed by atoms with Crippen molar-refractivity contribution in [2.75, 3.05) is 4.90 Å². The molecule has 0 spiro atoms. The summed E-state index contributed by atoms with van der Waals surface area (Å²) in [6.07, 6.45) is 9.20. The lowest BCUT2D eigenvalue weighted by molar-refractivity contribution is 0.271. The van der Waals surface area contributed by atoms with Crippen LogP contribution in [0.15, 0.2) is 36.8 Å². The van der Waals surface area contributed by atoms with E-state index in [0.29, 0.717) is 23.9 Å². The normalized spacial score (nSPS) is 26.9. The first-order valence-corrected chi connectivity index (χ1v) is 11.3. The van der Waals surface area contributed by atoms with Crippen LogP contribution < -0.4 is 10.2 Å². The van der Waals surface area contributed by atoms with Crippen molar-refractivity contribution in [3.05, 3.63) is 36.8 Å². The summed E-state index contributed by atoms with van der Waals surface area (Å²) in [6, 6.07) is 6.29. The molecule has 1 saturated carbocycles. The minimum Gasteiger partial charge on any atom is -0.507 e. The lowest BCUT2D eigenvalue weighted by Crippen LogP contribution is -2.50. The molecule has 0 radical (unpaired) electrons. The van der Waals surface area contributed by atoms with Crippen LogP contribution in [0, 0.1) is 0 Å². The summed E-state index contributed by atoms with van der Waals surface area (Å²) in [4.78, 5) is 6.84. The third kappa shape index (κ3) is 3.50. The number of hydrogen-bond donors (Lipinski definition) is 2. The number of aryl methyl sites for hydroxylation is 1. The number of anilines is 1. The molecule has 166 valence electrons. The van der Waals surface area contributed by atoms with Gasteiger partial charge in [-0.15, -0.1) is 10.2 Å². The van der Waals surface area contributed by atoms with Gasteiger partial charge in [0.15, 0.2) is 11.6 Å². The number of nitrogens with one attached hydrogen (secondary N) is 1. The number of rotatable bonds is 5. The first kappa shape index (κ1) is 19.6. The van der Waals surface area contributed by atoms with Crippen molar-refractivity contribution < 1.29 is 9.50 Å². The van der Waals surface area contributed by atoms with Gasteiger partial charge in [-0.2, -0.15) is 5.10 Å². The topological polar surface area (TPSA) is 92.0 Å². The fraction of sp³-hybridized carbons (Fsp3) is 0.478. The minimum absolute atomic E-state index is 0.0598. The Bertz CT molecular complexity index is 1130. The highest BCUT2D eigenvalue weighted by Gasteiger charge is 2.45. The Balaban J connectivity index is 1.25. The lowest BCUT2D eigenvalue weighted by atomic mass is 9.98. The Morgan fingerprint density at radius 3 is 2.62 bits per heavy atom. The smallest absolute Gasteiger partial charge is 0.185 e. The molecule has 3 aliphatic rings. The fourth-order valence-electron chi connectivity index (χ4n) is 5.24. The monoisotopic (exact) mass is 435 g/mol. The van der Waals surface area contributed by atoms with E-state index in [4.69, 9.17) is 0 Å². The van der Waals surface area contributed by atoms with Crippen molar-refractivity contribution in [2.24, 2.45) is 7.05 Å². The molecule has 0 amide bonds. The second-order valence-electron chi connectivity index (χ2n) is 9.26. The van der Waals surface area contributed by atoms with Crippen molar-refractivity contribution in [1.82, 2.24) is 30.3 Å². The van der Waals surface area contributed by atoms with Crippen molar-refractivity contribution in [3.8, 4) is 28.3 Å². The predicted molar refractivity (Wildman–Crippen MR) is 118 cm³/mol. The van der Waals surface area contributed by atoms with Gasteiger partial charge in [0, 0.05) is 43.0 Å². The molecule has 1 aliphatic carbocycles. The summed E-state index contributed by atoms with van der Waals surface area (Å²) in [5, 5.41) is 27.0. The number of hydrogen-bond acceptors (Lipinski definition) is 7. The average Bonchev–Trinajstić information content (AvgIpc) is 3.46. The molecule has 3 aromatic rings. The van der Waals surface area contributed by atoms with Crippen molar-refractivity contribution in [1.29, 1.82) is 0 Å². The van der Waals surface area contributed by atoms with Crippen LogP contribution in [0.25, 0.3) is 22.5 Å². The number of aromatic hydroxyl groups is 1. The molecule has 2 aromatic heterocycles. The summed E-state index contributed by atoms with van der Waals surface area (Å²) in [7, 11) is 1.86. The summed E-state index contributed by atoms with van der Waals surface area (Å²) in [5.41, 5.74) is 2.33. The number of fused-ring (bicyclic) bond motifs is 2. The zero-order valence-electron chi connectivity index (χ0n) is 17.9. The van der Waals surface area contributed by atoms with Gasteiger partial charge in [0.1, 0.15) is 11.9 Å². The third-order valence-electron chi connectivity index (χ3n) is 6.90. The Morgan fingerprint density at radius 1 is 1.09 bits per heavy atom. The highest BCUT2D eigenvalue weighted by Crippen LogP contribution is 2.39. The Morgan fingerprint density at radius 2 is 1.97 bits per heavy atom. The SMILES string of the molecule is Cn1cc(-c2ccc(-c3ncc(N(C4CC4)[C@@H]4C[C@H]5C[C@H](F)[C@@H](C4)N5)nn3)c(O)c2)cn1. The second-order valence-corrected chi connectivity index (χ2v) is 9.26. The molecule has 2 bridgehead atoms. The second kappa shape index (κ2) is 7.51. The van der Waals surface area contributed by atoms with Gasteiger partial charge in [0.2, 0.25) is 0 Å². The molecule has 4 atom stereocenters. The maximum Gasteiger partial charge on any atom is 0.185 e. The van der Waals surface area contributed by atoms with E-state index in [-0.39, 0.29) is 23.9 Å². The van der Waals surface area contributed by atoms with Crippen molar-refractivity contribution in [3.63, 3.8) is 0 Å². The van der Waals surface area contributed by atoms with E-state index in [2.05, 4.69) is 30.5 Å². The number of benzene rings is 1. The van der Waals surface area contributed by atoms with E-state index < -0.39 is 6.17 Å². The molecule has 32 heavy (non-hydrogen) atoms. The highest BCUT2D eigenvalue weighted by atomic mass is 19.1. The molecule has 0 unspecified atom stereocenters.